The summed E-state index contributed by atoms with van der Waals surface area (Å²) < 4.78 is 15.2. The Morgan fingerprint density at radius 2 is 2.12 bits per heavy atom. The van der Waals surface area contributed by atoms with Crippen LogP contribution in [0.4, 0.5) is 4.39 Å². The maximum Gasteiger partial charge on any atom is 0.293 e. The number of halogens is 1. The molecule has 0 saturated carbocycles. The molecule has 1 saturated heterocycles. The maximum atomic E-state index is 13.7. The van der Waals surface area contributed by atoms with E-state index < -0.39 is 0 Å². The van der Waals surface area contributed by atoms with Crippen molar-refractivity contribution in [3.8, 4) is 16.4 Å². The number of nitrogens with zero attached hydrogens (tertiary/aromatic N) is 4. The number of carbonyl (C=O) groups is 1. The highest BCUT2D eigenvalue weighted by Gasteiger charge is 2.24. The molecule has 0 spiro atoms. The molecule has 1 aliphatic heterocycles. The molecule has 26 heavy (non-hydrogen) atoms. The summed E-state index contributed by atoms with van der Waals surface area (Å²) >= 11 is 1.50. The smallest absolute Gasteiger partial charge is 0.293 e. The molecule has 0 unspecified atom stereocenters. The zero-order valence-corrected chi connectivity index (χ0v) is 14.9. The van der Waals surface area contributed by atoms with E-state index in [9.17, 15) is 9.18 Å². The van der Waals surface area contributed by atoms with Gasteiger partial charge >= 0.3 is 0 Å². The third-order valence-corrected chi connectivity index (χ3v) is 5.09. The van der Waals surface area contributed by atoms with Crippen LogP contribution in [0.15, 0.2) is 41.8 Å². The molecule has 3 aromatic rings. The minimum absolute atomic E-state index is 0.138. The van der Waals surface area contributed by atoms with Gasteiger partial charge in [-0.2, -0.15) is 0 Å². The zero-order chi connectivity index (χ0) is 17.9. The second-order valence-corrected chi connectivity index (χ2v) is 6.97. The highest BCUT2D eigenvalue weighted by molar-refractivity contribution is 7.13. The van der Waals surface area contributed by atoms with Crippen molar-refractivity contribution < 1.29 is 9.18 Å². The summed E-state index contributed by atoms with van der Waals surface area (Å²) in [6.45, 7) is 2.96. The van der Waals surface area contributed by atoms with Gasteiger partial charge in [0, 0.05) is 19.6 Å². The van der Waals surface area contributed by atoms with Gasteiger partial charge in [-0.1, -0.05) is 12.1 Å². The third kappa shape index (κ3) is 3.38. The van der Waals surface area contributed by atoms with Crippen molar-refractivity contribution >= 4 is 17.2 Å². The topological polar surface area (TPSA) is 63.1 Å². The van der Waals surface area contributed by atoms with Crippen molar-refractivity contribution in [3.05, 3.63) is 53.4 Å². The Morgan fingerprint density at radius 1 is 1.19 bits per heavy atom. The van der Waals surface area contributed by atoms with E-state index in [1.165, 1.54) is 28.2 Å². The molecule has 2 aromatic heterocycles. The number of carbonyl (C=O) groups excluding carboxylic acids is 1. The van der Waals surface area contributed by atoms with Gasteiger partial charge in [-0.3, -0.25) is 4.79 Å². The van der Waals surface area contributed by atoms with Gasteiger partial charge in [-0.15, -0.1) is 16.4 Å². The van der Waals surface area contributed by atoms with Gasteiger partial charge in [-0.25, -0.2) is 14.1 Å². The summed E-state index contributed by atoms with van der Waals surface area (Å²) in [7, 11) is 0. The molecule has 1 aliphatic rings. The molecule has 0 radical (unpaired) electrons. The lowest BCUT2D eigenvalue weighted by Crippen LogP contribution is -2.34. The molecule has 0 atom stereocenters. The fourth-order valence-corrected chi connectivity index (χ4v) is 3.64. The van der Waals surface area contributed by atoms with Crippen molar-refractivity contribution in [2.75, 3.05) is 26.2 Å². The van der Waals surface area contributed by atoms with Crippen LogP contribution in [0.1, 0.15) is 17.0 Å². The quantitative estimate of drug-likeness (QED) is 0.769. The molecule has 0 aliphatic carbocycles. The van der Waals surface area contributed by atoms with Gasteiger partial charge < -0.3 is 10.2 Å². The van der Waals surface area contributed by atoms with Crippen LogP contribution in [0, 0.1) is 5.82 Å². The summed E-state index contributed by atoms with van der Waals surface area (Å²) in [5.74, 6) is 0.129. The molecule has 1 fully saturated rings. The van der Waals surface area contributed by atoms with Crippen LogP contribution < -0.4 is 5.32 Å². The van der Waals surface area contributed by atoms with E-state index in [1.807, 2.05) is 17.5 Å². The van der Waals surface area contributed by atoms with Crippen molar-refractivity contribution in [1.29, 1.82) is 0 Å². The summed E-state index contributed by atoms with van der Waals surface area (Å²) in [6, 6.07) is 9.95. The van der Waals surface area contributed by atoms with Gasteiger partial charge in [0.1, 0.15) is 5.82 Å². The Morgan fingerprint density at radius 3 is 2.92 bits per heavy atom. The van der Waals surface area contributed by atoms with Crippen molar-refractivity contribution in [2.24, 2.45) is 0 Å². The van der Waals surface area contributed by atoms with Crippen LogP contribution in [0.3, 0.4) is 0 Å². The standard InChI is InChI=1S/C18H18FN5OS/c19-13-4-1-5-14(12-13)24-17(15-6-2-11-26-15)21-16(22-24)18(25)23-9-3-7-20-8-10-23/h1-2,4-6,11-12,20H,3,7-10H2. The van der Waals surface area contributed by atoms with Crippen LogP contribution in [0.5, 0.6) is 0 Å². The molecule has 1 aromatic carbocycles. The Labute approximate surface area is 154 Å². The normalized spacial score (nSPS) is 15.0. The lowest BCUT2D eigenvalue weighted by molar-refractivity contribution is 0.0754. The first kappa shape index (κ1) is 16.9. The van der Waals surface area contributed by atoms with Gasteiger partial charge in [-0.05, 0) is 42.6 Å². The van der Waals surface area contributed by atoms with Crippen LogP contribution in [-0.4, -0.2) is 51.8 Å². The maximum absolute atomic E-state index is 13.7. The van der Waals surface area contributed by atoms with Crippen molar-refractivity contribution in [1.82, 2.24) is 25.0 Å². The van der Waals surface area contributed by atoms with E-state index in [0.717, 1.165) is 24.4 Å². The Hall–Kier alpha value is -2.58. The predicted molar refractivity (Wildman–Crippen MR) is 98.0 cm³/mol. The molecule has 6 nitrogen and oxygen atoms in total. The number of rotatable bonds is 3. The predicted octanol–water partition coefficient (Wildman–Crippen LogP) is 2.57. The molecule has 3 heterocycles. The minimum atomic E-state index is -0.360. The van der Waals surface area contributed by atoms with Crippen LogP contribution in [0.25, 0.3) is 16.4 Å². The lowest BCUT2D eigenvalue weighted by atomic mass is 10.3. The first-order chi connectivity index (χ1) is 12.7. The molecule has 1 N–H and O–H groups in total. The van der Waals surface area contributed by atoms with E-state index in [-0.39, 0.29) is 17.5 Å². The first-order valence-electron chi connectivity index (χ1n) is 8.49. The molecular formula is C18H18FN5OS. The van der Waals surface area contributed by atoms with E-state index in [2.05, 4.69) is 15.4 Å². The van der Waals surface area contributed by atoms with E-state index in [4.69, 9.17) is 0 Å². The fraction of sp³-hybridized carbons (Fsp3) is 0.278. The van der Waals surface area contributed by atoms with Crippen LogP contribution in [0.2, 0.25) is 0 Å². The van der Waals surface area contributed by atoms with Crippen molar-refractivity contribution in [2.45, 2.75) is 6.42 Å². The number of hydrogen-bond donors (Lipinski definition) is 1. The highest BCUT2D eigenvalue weighted by atomic mass is 32.1. The van der Waals surface area contributed by atoms with E-state index in [1.54, 1.807) is 17.0 Å². The van der Waals surface area contributed by atoms with Crippen molar-refractivity contribution in [3.63, 3.8) is 0 Å². The molecule has 0 bridgehead atoms. The second-order valence-electron chi connectivity index (χ2n) is 6.02. The molecular weight excluding hydrogens is 353 g/mol. The summed E-state index contributed by atoms with van der Waals surface area (Å²) in [6.07, 6.45) is 0.897. The number of benzene rings is 1. The highest BCUT2D eigenvalue weighted by Crippen LogP contribution is 2.26. The number of amides is 1. The van der Waals surface area contributed by atoms with Gasteiger partial charge in [0.2, 0.25) is 5.82 Å². The monoisotopic (exact) mass is 371 g/mol. The van der Waals surface area contributed by atoms with Crippen LogP contribution in [-0.2, 0) is 0 Å². The molecule has 4 rings (SSSR count). The van der Waals surface area contributed by atoms with Gasteiger partial charge in [0.05, 0.1) is 10.6 Å². The minimum Gasteiger partial charge on any atom is -0.335 e. The Kier molecular flexibility index (Phi) is 4.77. The molecule has 1 amide bonds. The Balaban J connectivity index is 1.75. The average Bonchev–Trinajstić information content (AvgIpc) is 3.25. The average molecular weight is 371 g/mol. The molecule has 8 heteroatoms. The number of nitrogens with one attached hydrogen (secondary N) is 1. The molecule has 134 valence electrons. The first-order valence-corrected chi connectivity index (χ1v) is 9.37. The summed E-state index contributed by atoms with van der Waals surface area (Å²) in [5, 5.41) is 9.62. The summed E-state index contributed by atoms with van der Waals surface area (Å²) in [5.41, 5.74) is 0.539. The third-order valence-electron chi connectivity index (χ3n) is 4.22. The van der Waals surface area contributed by atoms with Crippen LogP contribution >= 0.6 is 11.3 Å². The van der Waals surface area contributed by atoms with Gasteiger partial charge in [0.15, 0.2) is 5.82 Å². The number of hydrogen-bond acceptors (Lipinski definition) is 5. The lowest BCUT2D eigenvalue weighted by Gasteiger charge is -2.17. The number of thiophene rings is 1. The second kappa shape index (κ2) is 7.35. The van der Waals surface area contributed by atoms with Gasteiger partial charge in [0.25, 0.3) is 5.91 Å². The fourth-order valence-electron chi connectivity index (χ4n) is 2.95. The number of aromatic nitrogens is 3. The van der Waals surface area contributed by atoms with E-state index >= 15 is 0 Å². The zero-order valence-electron chi connectivity index (χ0n) is 14.1. The summed E-state index contributed by atoms with van der Waals surface area (Å²) in [4.78, 5) is 20.0. The van der Waals surface area contributed by atoms with E-state index in [0.29, 0.717) is 24.6 Å². The Bertz CT molecular complexity index is 900. The SMILES string of the molecule is O=C(c1nc(-c2cccs2)n(-c2cccc(F)c2)n1)N1CCCNCC1. The largest absolute Gasteiger partial charge is 0.335 e.